The van der Waals surface area contributed by atoms with Crippen molar-refractivity contribution in [2.45, 2.75) is 13.8 Å². The van der Waals surface area contributed by atoms with Crippen LogP contribution in [0.1, 0.15) is 18.1 Å². The molecule has 0 unspecified atom stereocenters. The lowest BCUT2D eigenvalue weighted by Crippen LogP contribution is -2.54. The number of aryl methyl sites for hydroxylation is 1. The van der Waals surface area contributed by atoms with Gasteiger partial charge >= 0.3 is 6.03 Å². The van der Waals surface area contributed by atoms with Gasteiger partial charge in [-0.05, 0) is 77.9 Å². The number of rotatable bonds is 5. The zero-order valence-corrected chi connectivity index (χ0v) is 19.3. The van der Waals surface area contributed by atoms with Gasteiger partial charge in [-0.3, -0.25) is 14.9 Å². The van der Waals surface area contributed by atoms with Crippen LogP contribution in [-0.4, -0.2) is 31.6 Å². The molecule has 0 bridgehead atoms. The lowest BCUT2D eigenvalue weighted by atomic mass is 10.1. The van der Waals surface area contributed by atoms with E-state index in [-0.39, 0.29) is 11.3 Å². The molecule has 0 aliphatic carbocycles. The molecule has 0 saturated carbocycles. The van der Waals surface area contributed by atoms with E-state index >= 15 is 0 Å². The third-order valence-electron chi connectivity index (χ3n) is 4.37. The zero-order chi connectivity index (χ0) is 22.0. The number of ether oxygens (including phenoxy) is 2. The molecule has 0 aromatic heterocycles. The molecule has 1 aliphatic rings. The van der Waals surface area contributed by atoms with Crippen LogP contribution >= 0.6 is 34.2 Å². The minimum atomic E-state index is -0.832. The molecule has 7 nitrogen and oxygen atoms in total. The Balaban J connectivity index is 2.04. The van der Waals surface area contributed by atoms with Gasteiger partial charge in [-0.15, -0.1) is 0 Å². The summed E-state index contributed by atoms with van der Waals surface area (Å²) in [7, 11) is 1.50. The van der Waals surface area contributed by atoms with Gasteiger partial charge in [0, 0.05) is 5.02 Å². The van der Waals surface area contributed by atoms with E-state index in [1.165, 1.54) is 19.3 Å². The van der Waals surface area contributed by atoms with Crippen LogP contribution in [0.15, 0.2) is 35.9 Å². The van der Waals surface area contributed by atoms with E-state index in [9.17, 15) is 14.4 Å². The second-order valence-electron chi connectivity index (χ2n) is 6.36. The number of methoxy groups -OCH3 is 1. The number of barbiturate groups is 1. The van der Waals surface area contributed by atoms with Crippen LogP contribution in [0.5, 0.6) is 11.5 Å². The second kappa shape index (κ2) is 9.05. The smallest absolute Gasteiger partial charge is 0.335 e. The number of halogens is 2. The van der Waals surface area contributed by atoms with E-state index in [1.54, 1.807) is 31.2 Å². The van der Waals surface area contributed by atoms with Crippen LogP contribution in [0, 0.1) is 10.5 Å². The van der Waals surface area contributed by atoms with Crippen molar-refractivity contribution in [2.75, 3.05) is 18.6 Å². The first kappa shape index (κ1) is 22.1. The highest BCUT2D eigenvalue weighted by Crippen LogP contribution is 2.35. The third-order valence-corrected chi connectivity index (χ3v) is 5.58. The van der Waals surface area contributed by atoms with E-state index in [4.69, 9.17) is 21.1 Å². The van der Waals surface area contributed by atoms with E-state index in [2.05, 4.69) is 27.9 Å². The summed E-state index contributed by atoms with van der Waals surface area (Å²) in [6, 6.07) is 7.37. The van der Waals surface area contributed by atoms with Crippen LogP contribution in [0.3, 0.4) is 0 Å². The van der Waals surface area contributed by atoms with Crippen molar-refractivity contribution in [3.8, 4) is 11.5 Å². The minimum absolute atomic E-state index is 0.187. The number of amides is 4. The highest BCUT2D eigenvalue weighted by molar-refractivity contribution is 14.1. The van der Waals surface area contributed by atoms with Crippen molar-refractivity contribution in [1.82, 2.24) is 5.32 Å². The lowest BCUT2D eigenvalue weighted by Gasteiger charge is -2.26. The van der Waals surface area contributed by atoms with Crippen molar-refractivity contribution >= 4 is 63.8 Å². The van der Waals surface area contributed by atoms with Crippen LogP contribution in [0.4, 0.5) is 10.5 Å². The Hall–Kier alpha value is -2.59. The Morgan fingerprint density at radius 3 is 2.57 bits per heavy atom. The number of anilines is 1. The number of hydrogen-bond donors (Lipinski definition) is 1. The number of carbonyl (C=O) groups is 3. The molecule has 0 atom stereocenters. The van der Waals surface area contributed by atoms with Crippen LogP contribution in [-0.2, 0) is 9.59 Å². The molecule has 30 heavy (non-hydrogen) atoms. The highest BCUT2D eigenvalue weighted by atomic mass is 127. The van der Waals surface area contributed by atoms with Gasteiger partial charge < -0.3 is 9.47 Å². The fourth-order valence-corrected chi connectivity index (χ4v) is 3.84. The van der Waals surface area contributed by atoms with Crippen molar-refractivity contribution in [3.05, 3.63) is 55.6 Å². The van der Waals surface area contributed by atoms with Gasteiger partial charge in [-0.1, -0.05) is 17.7 Å². The minimum Gasteiger partial charge on any atom is -0.493 e. The summed E-state index contributed by atoms with van der Waals surface area (Å²) in [4.78, 5) is 38.7. The number of carbonyl (C=O) groups excluding carboxylic acids is 3. The summed E-state index contributed by atoms with van der Waals surface area (Å²) in [6.07, 6.45) is 1.41. The number of imide groups is 2. The molecule has 1 heterocycles. The van der Waals surface area contributed by atoms with Crippen LogP contribution < -0.4 is 19.7 Å². The molecule has 9 heteroatoms. The number of nitrogens with one attached hydrogen (secondary N) is 1. The van der Waals surface area contributed by atoms with E-state index in [1.807, 2.05) is 6.92 Å². The normalized spacial score (nSPS) is 15.4. The molecule has 2 aromatic rings. The van der Waals surface area contributed by atoms with Gasteiger partial charge in [0.1, 0.15) is 5.57 Å². The fraction of sp³-hybridized carbons (Fsp3) is 0.190. The quantitative estimate of drug-likeness (QED) is 0.347. The Bertz CT molecular complexity index is 1080. The SMILES string of the molecule is CCOc1c(I)cc(/C=C2\C(=O)NC(=O)N(c3ccc(C)c(Cl)c3)C2=O)cc1OC. The van der Waals surface area contributed by atoms with Crippen molar-refractivity contribution in [3.63, 3.8) is 0 Å². The van der Waals surface area contributed by atoms with E-state index in [0.29, 0.717) is 28.7 Å². The molecular formula is C21H18ClIN2O5. The number of urea groups is 1. The number of hydrogen-bond acceptors (Lipinski definition) is 5. The summed E-state index contributed by atoms with van der Waals surface area (Å²) < 4.78 is 11.7. The molecule has 1 saturated heterocycles. The Morgan fingerprint density at radius 2 is 1.93 bits per heavy atom. The maximum Gasteiger partial charge on any atom is 0.335 e. The molecule has 0 spiro atoms. The predicted octanol–water partition coefficient (Wildman–Crippen LogP) is 4.33. The summed E-state index contributed by atoms with van der Waals surface area (Å²) in [5.41, 5.74) is 1.43. The molecule has 156 valence electrons. The molecular weight excluding hydrogens is 523 g/mol. The average molecular weight is 541 g/mol. The Morgan fingerprint density at radius 1 is 1.20 bits per heavy atom. The third kappa shape index (κ3) is 4.29. The standard InChI is InChI=1S/C21H18ClIN2O5/c1-4-30-18-16(23)8-12(9-17(18)29-3)7-14-19(26)24-21(28)25(20(14)27)13-6-5-11(2)15(22)10-13/h5-10H,4H2,1-3H3,(H,24,26,28)/b14-7+. The summed E-state index contributed by atoms with van der Waals surface area (Å²) >= 11 is 8.22. The van der Waals surface area contributed by atoms with Gasteiger partial charge in [0.25, 0.3) is 11.8 Å². The van der Waals surface area contributed by atoms with Gasteiger partial charge in [0.05, 0.1) is 23.0 Å². The first-order valence-electron chi connectivity index (χ1n) is 8.94. The van der Waals surface area contributed by atoms with Crippen molar-refractivity contribution in [1.29, 1.82) is 0 Å². The fourth-order valence-electron chi connectivity index (χ4n) is 2.89. The monoisotopic (exact) mass is 540 g/mol. The van der Waals surface area contributed by atoms with Gasteiger partial charge in [-0.2, -0.15) is 0 Å². The summed E-state index contributed by atoms with van der Waals surface area (Å²) in [6.45, 7) is 4.13. The van der Waals surface area contributed by atoms with Gasteiger partial charge in [0.2, 0.25) is 0 Å². The predicted molar refractivity (Wildman–Crippen MR) is 122 cm³/mol. The van der Waals surface area contributed by atoms with E-state index in [0.717, 1.165) is 14.0 Å². The molecule has 1 aliphatic heterocycles. The highest BCUT2D eigenvalue weighted by Gasteiger charge is 2.37. The van der Waals surface area contributed by atoms with E-state index < -0.39 is 17.8 Å². The molecule has 2 aromatic carbocycles. The largest absolute Gasteiger partial charge is 0.493 e. The first-order valence-corrected chi connectivity index (χ1v) is 10.4. The molecule has 0 radical (unpaired) electrons. The lowest BCUT2D eigenvalue weighted by molar-refractivity contribution is -0.122. The van der Waals surface area contributed by atoms with Crippen molar-refractivity contribution in [2.24, 2.45) is 0 Å². The molecule has 3 rings (SSSR count). The maximum atomic E-state index is 13.0. The molecule has 1 N–H and O–H groups in total. The zero-order valence-electron chi connectivity index (χ0n) is 16.4. The number of nitrogens with zero attached hydrogens (tertiary/aromatic N) is 1. The van der Waals surface area contributed by atoms with Gasteiger partial charge in [0.15, 0.2) is 11.5 Å². The number of benzene rings is 2. The Labute approximate surface area is 192 Å². The average Bonchev–Trinajstić information content (AvgIpc) is 2.69. The Kier molecular flexibility index (Phi) is 6.67. The first-order chi connectivity index (χ1) is 14.3. The van der Waals surface area contributed by atoms with Gasteiger partial charge in [-0.25, -0.2) is 9.69 Å². The summed E-state index contributed by atoms with van der Waals surface area (Å²) in [5.74, 6) is -0.473. The molecule has 1 fully saturated rings. The van der Waals surface area contributed by atoms with Crippen LogP contribution in [0.2, 0.25) is 5.02 Å². The van der Waals surface area contributed by atoms with Crippen molar-refractivity contribution < 1.29 is 23.9 Å². The summed E-state index contributed by atoms with van der Waals surface area (Å²) in [5, 5.41) is 2.60. The van der Waals surface area contributed by atoms with Crippen LogP contribution in [0.25, 0.3) is 6.08 Å². The molecule has 4 amide bonds. The maximum absolute atomic E-state index is 13.0. The second-order valence-corrected chi connectivity index (χ2v) is 7.93. The topological polar surface area (TPSA) is 84.9 Å².